The first-order valence-corrected chi connectivity index (χ1v) is 16.1. The number of hydrogen-bond donors (Lipinski definition) is 2. The van der Waals surface area contributed by atoms with Crippen molar-refractivity contribution in [2.24, 2.45) is 11.7 Å². The van der Waals surface area contributed by atoms with E-state index in [1.165, 1.54) is 0 Å². The van der Waals surface area contributed by atoms with E-state index in [-0.39, 0.29) is 30.8 Å². The van der Waals surface area contributed by atoms with E-state index < -0.39 is 18.2 Å². The molecule has 0 aliphatic carbocycles. The van der Waals surface area contributed by atoms with Crippen LogP contribution in [-0.4, -0.2) is 53.9 Å². The fraction of sp³-hybridized carbons (Fsp3) is 0.444. The Morgan fingerprint density at radius 1 is 0.919 bits per heavy atom. The molecule has 0 radical (unpaired) electrons. The van der Waals surface area contributed by atoms with Crippen LogP contribution >= 0.6 is 33.3 Å². The fourth-order valence-electron chi connectivity index (χ4n) is 3.18. The van der Waals surface area contributed by atoms with E-state index in [1.54, 1.807) is 64.5 Å². The van der Waals surface area contributed by atoms with Crippen LogP contribution in [0.5, 0.6) is 0 Å². The van der Waals surface area contributed by atoms with E-state index in [0.717, 1.165) is 23.5 Å². The molecule has 3 N–H and O–H groups in total. The SMILES string of the molecule is CCC(=O)OC(OC(=O)CNC(=O)C(CSSCC(N)CCSC)Cc1ccccc1)c1ccccc1. The predicted octanol–water partition coefficient (Wildman–Crippen LogP) is 4.62. The summed E-state index contributed by atoms with van der Waals surface area (Å²) < 4.78 is 10.7. The Labute approximate surface area is 231 Å². The number of thioether (sulfide) groups is 1. The molecule has 2 rings (SSSR count). The molecule has 3 atom stereocenters. The average molecular weight is 565 g/mol. The highest BCUT2D eigenvalue weighted by Gasteiger charge is 2.23. The van der Waals surface area contributed by atoms with Crippen molar-refractivity contribution in [3.05, 3.63) is 71.8 Å². The number of ether oxygens (including phenoxy) is 2. The Kier molecular flexibility index (Phi) is 15.3. The summed E-state index contributed by atoms with van der Waals surface area (Å²) in [5.74, 6) is 0.679. The number of rotatable bonds is 17. The van der Waals surface area contributed by atoms with Gasteiger partial charge in [-0.25, -0.2) is 0 Å². The summed E-state index contributed by atoms with van der Waals surface area (Å²) in [5.41, 5.74) is 7.73. The third-order valence-electron chi connectivity index (χ3n) is 5.27. The minimum atomic E-state index is -1.17. The number of hydrogen-bond acceptors (Lipinski definition) is 9. The summed E-state index contributed by atoms with van der Waals surface area (Å²) in [6.45, 7) is 1.34. The zero-order chi connectivity index (χ0) is 26.9. The van der Waals surface area contributed by atoms with E-state index in [9.17, 15) is 14.4 Å². The first-order chi connectivity index (χ1) is 17.9. The summed E-state index contributed by atoms with van der Waals surface area (Å²) in [6, 6.07) is 18.7. The maximum atomic E-state index is 13.0. The first kappa shape index (κ1) is 31.1. The van der Waals surface area contributed by atoms with Gasteiger partial charge in [0, 0.05) is 29.5 Å². The Morgan fingerprint density at radius 2 is 1.54 bits per heavy atom. The van der Waals surface area contributed by atoms with Gasteiger partial charge >= 0.3 is 11.9 Å². The molecule has 0 aliphatic heterocycles. The molecule has 10 heteroatoms. The second-order valence-corrected chi connectivity index (χ2v) is 11.8. The summed E-state index contributed by atoms with van der Waals surface area (Å²) in [4.78, 5) is 37.4. The normalized spacial score (nSPS) is 13.3. The fourth-order valence-corrected chi connectivity index (χ4v) is 6.28. The van der Waals surface area contributed by atoms with Crippen molar-refractivity contribution >= 4 is 51.2 Å². The van der Waals surface area contributed by atoms with E-state index in [2.05, 4.69) is 11.6 Å². The zero-order valence-electron chi connectivity index (χ0n) is 21.3. The standard InChI is InChI=1S/C27H36N2O5S3/c1-3-24(30)33-27(21-12-8-5-9-13-21)34-25(31)17-29-26(32)22(16-20-10-6-4-7-11-20)18-36-37-19-23(28)14-15-35-2/h4-13,22-23,27H,3,14-19,28H2,1-2H3,(H,29,32). The molecule has 0 aromatic heterocycles. The third-order valence-corrected chi connectivity index (χ3v) is 8.50. The van der Waals surface area contributed by atoms with Crippen LogP contribution in [0.2, 0.25) is 0 Å². The maximum absolute atomic E-state index is 13.0. The number of amides is 1. The van der Waals surface area contributed by atoms with Gasteiger partial charge in [-0.1, -0.05) is 89.2 Å². The highest BCUT2D eigenvalue weighted by molar-refractivity contribution is 8.76. The minimum absolute atomic E-state index is 0.125. The van der Waals surface area contributed by atoms with Crippen molar-refractivity contribution in [2.75, 3.05) is 30.1 Å². The molecular weight excluding hydrogens is 529 g/mol. The van der Waals surface area contributed by atoms with Gasteiger partial charge in [0.25, 0.3) is 6.29 Å². The summed E-state index contributed by atoms with van der Waals surface area (Å²) >= 11 is 1.78. The monoisotopic (exact) mass is 564 g/mol. The maximum Gasteiger partial charge on any atom is 0.328 e. The van der Waals surface area contributed by atoms with Gasteiger partial charge in [0.2, 0.25) is 5.91 Å². The topological polar surface area (TPSA) is 108 Å². The highest BCUT2D eigenvalue weighted by Crippen LogP contribution is 2.27. The van der Waals surface area contributed by atoms with Gasteiger partial charge in [-0.2, -0.15) is 11.8 Å². The Hall–Kier alpha value is -2.14. The molecule has 7 nitrogen and oxygen atoms in total. The zero-order valence-corrected chi connectivity index (χ0v) is 23.7. The van der Waals surface area contributed by atoms with Crippen LogP contribution in [0, 0.1) is 5.92 Å². The van der Waals surface area contributed by atoms with Crippen molar-refractivity contribution in [1.29, 1.82) is 0 Å². The number of nitrogens with two attached hydrogens (primary N) is 1. The molecule has 0 spiro atoms. The van der Waals surface area contributed by atoms with E-state index >= 15 is 0 Å². The molecular formula is C27H36N2O5S3. The van der Waals surface area contributed by atoms with Crippen molar-refractivity contribution in [1.82, 2.24) is 5.32 Å². The lowest BCUT2D eigenvalue weighted by atomic mass is 10.0. The molecule has 2 aromatic rings. The van der Waals surface area contributed by atoms with E-state index in [0.29, 0.717) is 17.7 Å². The van der Waals surface area contributed by atoms with Crippen LogP contribution in [0.25, 0.3) is 0 Å². The molecule has 0 heterocycles. The smallest absolute Gasteiger partial charge is 0.328 e. The lowest BCUT2D eigenvalue weighted by Gasteiger charge is -2.20. The molecule has 0 fully saturated rings. The number of benzene rings is 2. The van der Waals surface area contributed by atoms with Crippen LogP contribution < -0.4 is 11.1 Å². The van der Waals surface area contributed by atoms with Crippen molar-refractivity contribution in [2.45, 2.75) is 38.5 Å². The van der Waals surface area contributed by atoms with Crippen LogP contribution in [0.1, 0.15) is 37.2 Å². The van der Waals surface area contributed by atoms with Gasteiger partial charge in [0.05, 0.1) is 5.92 Å². The highest BCUT2D eigenvalue weighted by atomic mass is 33.1. The number of nitrogens with one attached hydrogen (secondary N) is 1. The van der Waals surface area contributed by atoms with Gasteiger partial charge in [-0.3, -0.25) is 14.4 Å². The Morgan fingerprint density at radius 3 is 2.19 bits per heavy atom. The van der Waals surface area contributed by atoms with Gasteiger partial charge in [-0.05, 0) is 30.4 Å². The quantitative estimate of drug-likeness (QED) is 0.123. The molecule has 0 bridgehead atoms. The summed E-state index contributed by atoms with van der Waals surface area (Å²) in [7, 11) is 3.29. The molecule has 3 unspecified atom stereocenters. The van der Waals surface area contributed by atoms with Crippen LogP contribution in [-0.2, 0) is 30.3 Å². The van der Waals surface area contributed by atoms with Crippen LogP contribution in [0.4, 0.5) is 0 Å². The molecule has 37 heavy (non-hydrogen) atoms. The van der Waals surface area contributed by atoms with Gasteiger partial charge in [0.1, 0.15) is 6.54 Å². The van der Waals surface area contributed by atoms with Crippen molar-refractivity contribution < 1.29 is 23.9 Å². The Balaban J connectivity index is 1.92. The number of esters is 2. The second kappa shape index (κ2) is 18.2. The molecule has 0 saturated heterocycles. The third kappa shape index (κ3) is 12.8. The lowest BCUT2D eigenvalue weighted by Crippen LogP contribution is -2.37. The van der Waals surface area contributed by atoms with Gasteiger partial charge < -0.3 is 20.5 Å². The number of carbonyl (C=O) groups is 3. The molecule has 2 aromatic carbocycles. The van der Waals surface area contributed by atoms with Crippen LogP contribution in [0.3, 0.4) is 0 Å². The molecule has 1 amide bonds. The summed E-state index contributed by atoms with van der Waals surface area (Å²) in [6.07, 6.45) is 2.56. The summed E-state index contributed by atoms with van der Waals surface area (Å²) in [5, 5.41) is 2.70. The molecule has 0 saturated carbocycles. The van der Waals surface area contributed by atoms with E-state index in [1.807, 2.05) is 36.4 Å². The number of carbonyl (C=O) groups excluding carboxylic acids is 3. The van der Waals surface area contributed by atoms with Gasteiger partial charge in [0.15, 0.2) is 0 Å². The molecule has 202 valence electrons. The lowest BCUT2D eigenvalue weighted by molar-refractivity contribution is -0.189. The molecule has 0 aliphatic rings. The first-order valence-electron chi connectivity index (χ1n) is 12.2. The Bertz CT molecular complexity index is 950. The largest absolute Gasteiger partial charge is 0.421 e. The average Bonchev–Trinajstić information content (AvgIpc) is 2.92. The predicted molar refractivity (Wildman–Crippen MR) is 154 cm³/mol. The van der Waals surface area contributed by atoms with Crippen molar-refractivity contribution in [3.8, 4) is 0 Å². The van der Waals surface area contributed by atoms with Crippen LogP contribution in [0.15, 0.2) is 60.7 Å². The van der Waals surface area contributed by atoms with Gasteiger partial charge in [-0.15, -0.1) is 0 Å². The minimum Gasteiger partial charge on any atom is -0.421 e. The van der Waals surface area contributed by atoms with Crippen molar-refractivity contribution in [3.63, 3.8) is 0 Å². The van der Waals surface area contributed by atoms with E-state index in [4.69, 9.17) is 15.2 Å². The second-order valence-electron chi connectivity index (χ2n) is 8.29.